The van der Waals surface area contributed by atoms with Crippen molar-refractivity contribution in [3.8, 4) is 5.75 Å². The molecule has 2 aliphatic rings. The molecular weight excluding hydrogens is 250 g/mol. The molecule has 1 atom stereocenters. The summed E-state index contributed by atoms with van der Waals surface area (Å²) in [4.78, 5) is 1.57. The van der Waals surface area contributed by atoms with E-state index in [1.165, 1.54) is 37.9 Å². The lowest BCUT2D eigenvalue weighted by Gasteiger charge is -2.29. The Morgan fingerprint density at radius 2 is 1.90 bits per heavy atom. The number of ether oxygens (including phenoxy) is 1. The fourth-order valence-electron chi connectivity index (χ4n) is 3.33. The Hall–Kier alpha value is -1.32. The molecule has 3 rings (SSSR count). The van der Waals surface area contributed by atoms with E-state index in [1.807, 2.05) is 18.2 Å². The highest BCUT2D eigenvalue weighted by molar-refractivity contribution is 5.44. The minimum Gasteiger partial charge on any atom is -0.455 e. The fourth-order valence-corrected chi connectivity index (χ4v) is 3.33. The van der Waals surface area contributed by atoms with Gasteiger partial charge in [0.25, 0.3) is 0 Å². The van der Waals surface area contributed by atoms with E-state index in [0.29, 0.717) is 0 Å². The van der Waals surface area contributed by atoms with Crippen LogP contribution in [0.4, 0.5) is 0 Å². The summed E-state index contributed by atoms with van der Waals surface area (Å²) >= 11 is 0. The summed E-state index contributed by atoms with van der Waals surface area (Å²) < 4.78 is 6.03. The second-order valence-electron chi connectivity index (χ2n) is 6.49. The first-order chi connectivity index (χ1) is 9.54. The summed E-state index contributed by atoms with van der Waals surface area (Å²) in [5.41, 5.74) is 0.421. The molecule has 0 radical (unpaired) electrons. The molecule has 3 heteroatoms. The number of quaternary nitrogens is 1. The van der Waals surface area contributed by atoms with Crippen LogP contribution >= 0.6 is 0 Å². The maximum absolute atomic E-state index is 10.1. The predicted octanol–water partition coefficient (Wildman–Crippen LogP) is 1.84. The van der Waals surface area contributed by atoms with Crippen LogP contribution in [0.25, 0.3) is 0 Å². The zero-order valence-electron chi connectivity index (χ0n) is 12.4. The van der Waals surface area contributed by atoms with Gasteiger partial charge in [0.05, 0.1) is 24.3 Å². The Morgan fingerprint density at radius 1 is 1.20 bits per heavy atom. The summed E-state index contributed by atoms with van der Waals surface area (Å²) in [5.74, 6) is 1.86. The first kappa shape index (κ1) is 13.7. The molecule has 0 spiro atoms. The number of benzene rings is 1. The van der Waals surface area contributed by atoms with Crippen molar-refractivity contribution in [1.82, 2.24) is 0 Å². The third-order valence-corrected chi connectivity index (χ3v) is 4.14. The normalized spacial score (nSPS) is 25.6. The molecule has 3 nitrogen and oxygen atoms in total. The zero-order valence-corrected chi connectivity index (χ0v) is 12.4. The first-order valence-electron chi connectivity index (χ1n) is 7.61. The topological polar surface area (TPSA) is 33.9 Å². The van der Waals surface area contributed by atoms with E-state index in [1.54, 1.807) is 18.7 Å². The summed E-state index contributed by atoms with van der Waals surface area (Å²) in [7, 11) is 0. The molecule has 0 aromatic heterocycles. The molecule has 0 saturated carbocycles. The molecule has 0 amide bonds. The van der Waals surface area contributed by atoms with Gasteiger partial charge in [0, 0.05) is 0 Å². The Balaban J connectivity index is 1.97. The molecule has 1 aromatic rings. The van der Waals surface area contributed by atoms with Gasteiger partial charge in [0.2, 0.25) is 0 Å². The highest BCUT2D eigenvalue weighted by atomic mass is 16.5. The molecule has 2 N–H and O–H groups in total. The van der Waals surface area contributed by atoms with Crippen LogP contribution in [0.3, 0.4) is 0 Å². The average molecular weight is 274 g/mol. The van der Waals surface area contributed by atoms with Crippen molar-refractivity contribution in [3.05, 3.63) is 41.7 Å². The molecule has 108 valence electrons. The minimum absolute atomic E-state index is 0.248. The van der Waals surface area contributed by atoms with Crippen LogP contribution in [0.2, 0.25) is 0 Å². The molecule has 2 aliphatic heterocycles. The van der Waals surface area contributed by atoms with Gasteiger partial charge in [0.15, 0.2) is 11.8 Å². The van der Waals surface area contributed by atoms with Gasteiger partial charge in [-0.05, 0) is 51.3 Å². The lowest BCUT2D eigenvalue weighted by Crippen LogP contribution is -3.13. The molecule has 0 unspecified atom stereocenters. The van der Waals surface area contributed by atoms with Gasteiger partial charge in [-0.2, -0.15) is 0 Å². The van der Waals surface area contributed by atoms with E-state index in [4.69, 9.17) is 4.74 Å². The standard InChI is InChI=1S/C17H23NO2/c1-17(2,19)12-15-16(18-10-6-3-7-11-18)13-8-4-5-9-14(13)20-15/h4-5,8-9,12,16,19H,3,6-7,10-11H2,1-2H3/p+1/b15-12-/t16-/m1/s1. The van der Waals surface area contributed by atoms with Crippen LogP contribution in [0, 0.1) is 0 Å². The van der Waals surface area contributed by atoms with Crippen molar-refractivity contribution < 1.29 is 14.7 Å². The van der Waals surface area contributed by atoms with E-state index in [2.05, 4.69) is 12.1 Å². The van der Waals surface area contributed by atoms with Crippen LogP contribution < -0.4 is 9.64 Å². The third-order valence-electron chi connectivity index (χ3n) is 4.14. The van der Waals surface area contributed by atoms with Crippen molar-refractivity contribution in [2.24, 2.45) is 0 Å². The largest absolute Gasteiger partial charge is 0.455 e. The van der Waals surface area contributed by atoms with Crippen molar-refractivity contribution in [2.45, 2.75) is 44.8 Å². The Bertz CT molecular complexity index is 510. The number of hydrogen-bond donors (Lipinski definition) is 2. The molecule has 1 fully saturated rings. The number of para-hydroxylation sites is 1. The van der Waals surface area contributed by atoms with Gasteiger partial charge >= 0.3 is 0 Å². The van der Waals surface area contributed by atoms with Crippen LogP contribution in [0.1, 0.15) is 44.7 Å². The zero-order chi connectivity index (χ0) is 14.2. The van der Waals surface area contributed by atoms with Crippen molar-refractivity contribution >= 4 is 0 Å². The van der Waals surface area contributed by atoms with E-state index in [0.717, 1.165) is 11.5 Å². The van der Waals surface area contributed by atoms with Gasteiger partial charge in [0.1, 0.15) is 5.75 Å². The highest BCUT2D eigenvalue weighted by Gasteiger charge is 2.39. The SMILES string of the molecule is CC(C)(O)/C=C1\Oc2ccccc2[C@H]1[NH+]1CCCCC1. The predicted molar refractivity (Wildman–Crippen MR) is 78.7 cm³/mol. The molecule has 0 bridgehead atoms. The van der Waals surface area contributed by atoms with Crippen LogP contribution in [-0.2, 0) is 0 Å². The number of fused-ring (bicyclic) bond motifs is 1. The summed E-state index contributed by atoms with van der Waals surface area (Å²) in [6.45, 7) is 5.97. The Labute approximate surface area is 120 Å². The van der Waals surface area contributed by atoms with Crippen molar-refractivity contribution in [3.63, 3.8) is 0 Å². The van der Waals surface area contributed by atoms with Gasteiger partial charge in [-0.1, -0.05) is 12.1 Å². The molecule has 20 heavy (non-hydrogen) atoms. The van der Waals surface area contributed by atoms with Crippen molar-refractivity contribution in [2.75, 3.05) is 13.1 Å². The van der Waals surface area contributed by atoms with E-state index >= 15 is 0 Å². The summed E-state index contributed by atoms with van der Waals surface area (Å²) in [5, 5.41) is 10.1. The van der Waals surface area contributed by atoms with Gasteiger partial charge in [-0.15, -0.1) is 0 Å². The Morgan fingerprint density at radius 3 is 2.60 bits per heavy atom. The third kappa shape index (κ3) is 2.74. The number of piperidine rings is 1. The summed E-state index contributed by atoms with van der Waals surface area (Å²) in [6, 6.07) is 8.52. The number of nitrogens with one attached hydrogen (secondary N) is 1. The molecule has 0 aliphatic carbocycles. The number of likely N-dealkylation sites (tertiary alicyclic amines) is 1. The van der Waals surface area contributed by atoms with Gasteiger partial charge < -0.3 is 14.7 Å². The molecule has 1 saturated heterocycles. The quantitative estimate of drug-likeness (QED) is 0.863. The van der Waals surface area contributed by atoms with Crippen LogP contribution in [-0.4, -0.2) is 23.8 Å². The first-order valence-corrected chi connectivity index (χ1v) is 7.61. The lowest BCUT2D eigenvalue weighted by molar-refractivity contribution is -0.931. The molecule has 2 heterocycles. The van der Waals surface area contributed by atoms with Crippen molar-refractivity contribution in [1.29, 1.82) is 0 Å². The number of hydrogen-bond acceptors (Lipinski definition) is 2. The summed E-state index contributed by atoms with van der Waals surface area (Å²) in [6.07, 6.45) is 5.77. The van der Waals surface area contributed by atoms with E-state index < -0.39 is 5.60 Å². The maximum Gasteiger partial charge on any atom is 0.175 e. The monoisotopic (exact) mass is 274 g/mol. The Kier molecular flexibility index (Phi) is 3.57. The number of aliphatic hydroxyl groups is 1. The molecular formula is C17H24NO2+. The van der Waals surface area contributed by atoms with Gasteiger partial charge in [-0.3, -0.25) is 0 Å². The van der Waals surface area contributed by atoms with Gasteiger partial charge in [-0.25, -0.2) is 0 Å². The van der Waals surface area contributed by atoms with E-state index in [9.17, 15) is 5.11 Å². The highest BCUT2D eigenvalue weighted by Crippen LogP contribution is 2.38. The molecule has 1 aromatic carbocycles. The second-order valence-corrected chi connectivity index (χ2v) is 6.49. The second kappa shape index (κ2) is 5.23. The minimum atomic E-state index is -0.842. The smallest absolute Gasteiger partial charge is 0.175 e. The van der Waals surface area contributed by atoms with Crippen LogP contribution in [0.5, 0.6) is 5.75 Å². The maximum atomic E-state index is 10.1. The van der Waals surface area contributed by atoms with Crippen LogP contribution in [0.15, 0.2) is 36.1 Å². The van der Waals surface area contributed by atoms with E-state index in [-0.39, 0.29) is 6.04 Å². The average Bonchev–Trinajstić information content (AvgIpc) is 2.75. The lowest BCUT2D eigenvalue weighted by atomic mass is 9.99. The number of rotatable bonds is 2. The fraction of sp³-hybridized carbons (Fsp3) is 0.529.